The van der Waals surface area contributed by atoms with Gasteiger partial charge < -0.3 is 30.9 Å². The first-order valence-corrected chi connectivity index (χ1v) is 10.1. The highest BCUT2D eigenvalue weighted by Gasteiger charge is 2.22. The maximum atomic E-state index is 12.9. The Morgan fingerprint density at radius 3 is 2.19 bits per heavy atom. The van der Waals surface area contributed by atoms with Crippen molar-refractivity contribution in [2.24, 2.45) is 5.73 Å². The van der Waals surface area contributed by atoms with Gasteiger partial charge in [0.05, 0.1) is 13.1 Å². The lowest BCUT2D eigenvalue weighted by Gasteiger charge is -2.27. The van der Waals surface area contributed by atoms with Crippen LogP contribution in [0.3, 0.4) is 0 Å². The Hall–Kier alpha value is -3.14. The van der Waals surface area contributed by atoms with Gasteiger partial charge in [0.1, 0.15) is 5.75 Å². The van der Waals surface area contributed by atoms with Crippen LogP contribution in [0.15, 0.2) is 48.5 Å². The standard InChI is InChI=1S/C22H30N4O5/c1-3-30-21(31-4-2)15-26(18-9-5-16(13-23)6-10-18)22(29)24-14-20(28)25-17-7-11-19(27)12-8-17/h5-12,21,27H,3-4,13-15,23H2,1-2H3,(H,24,29)(H,25,28). The Morgan fingerprint density at radius 2 is 1.65 bits per heavy atom. The number of urea groups is 1. The number of carbonyl (C=O) groups is 2. The van der Waals surface area contributed by atoms with Gasteiger partial charge in [-0.1, -0.05) is 12.1 Å². The highest BCUT2D eigenvalue weighted by atomic mass is 16.7. The van der Waals surface area contributed by atoms with Gasteiger partial charge in [0.25, 0.3) is 0 Å². The second-order valence-electron chi connectivity index (χ2n) is 6.58. The van der Waals surface area contributed by atoms with Crippen LogP contribution in [0.1, 0.15) is 19.4 Å². The second kappa shape index (κ2) is 12.5. The zero-order valence-corrected chi connectivity index (χ0v) is 17.8. The average molecular weight is 431 g/mol. The van der Waals surface area contributed by atoms with E-state index in [2.05, 4.69) is 10.6 Å². The van der Waals surface area contributed by atoms with E-state index in [1.807, 2.05) is 26.0 Å². The number of nitrogens with two attached hydrogens (primary N) is 1. The Bertz CT molecular complexity index is 821. The van der Waals surface area contributed by atoms with Crippen LogP contribution in [-0.4, -0.2) is 49.6 Å². The van der Waals surface area contributed by atoms with E-state index in [1.54, 1.807) is 24.3 Å². The minimum absolute atomic E-state index is 0.0979. The molecule has 0 spiro atoms. The van der Waals surface area contributed by atoms with Gasteiger partial charge in [-0.2, -0.15) is 0 Å². The number of amides is 3. The molecular weight excluding hydrogens is 400 g/mol. The fourth-order valence-corrected chi connectivity index (χ4v) is 2.79. The molecule has 2 aromatic carbocycles. The van der Waals surface area contributed by atoms with Crippen molar-refractivity contribution < 1.29 is 24.2 Å². The molecule has 0 aromatic heterocycles. The van der Waals surface area contributed by atoms with Crippen molar-refractivity contribution in [1.29, 1.82) is 0 Å². The third kappa shape index (κ3) is 7.89. The lowest BCUT2D eigenvalue weighted by molar-refractivity contribution is -0.128. The van der Waals surface area contributed by atoms with Crippen LogP contribution in [0.2, 0.25) is 0 Å². The number of phenolic OH excluding ortho intramolecular Hbond substituents is 1. The number of hydrogen-bond donors (Lipinski definition) is 4. The van der Waals surface area contributed by atoms with Crippen molar-refractivity contribution in [2.45, 2.75) is 26.7 Å². The first kappa shape index (κ1) is 24.1. The molecule has 0 unspecified atom stereocenters. The van der Waals surface area contributed by atoms with Gasteiger partial charge in [-0.05, 0) is 55.8 Å². The quantitative estimate of drug-likeness (QED) is 0.320. The molecule has 0 aliphatic carbocycles. The number of carbonyl (C=O) groups excluding carboxylic acids is 2. The third-order valence-electron chi connectivity index (χ3n) is 4.32. The van der Waals surface area contributed by atoms with Crippen molar-refractivity contribution >= 4 is 23.3 Å². The van der Waals surface area contributed by atoms with Gasteiger partial charge in [-0.3, -0.25) is 9.69 Å². The Labute approximate surface area is 182 Å². The molecule has 0 aliphatic heterocycles. The number of ether oxygens (including phenoxy) is 2. The Morgan fingerprint density at radius 1 is 1.03 bits per heavy atom. The molecule has 9 nitrogen and oxygen atoms in total. The molecule has 0 bridgehead atoms. The zero-order chi connectivity index (χ0) is 22.6. The molecular formula is C22H30N4O5. The zero-order valence-electron chi connectivity index (χ0n) is 17.8. The Balaban J connectivity index is 2.06. The molecule has 168 valence electrons. The third-order valence-corrected chi connectivity index (χ3v) is 4.32. The molecule has 0 saturated heterocycles. The van der Waals surface area contributed by atoms with Gasteiger partial charge in [-0.15, -0.1) is 0 Å². The topological polar surface area (TPSA) is 126 Å². The van der Waals surface area contributed by atoms with Crippen molar-refractivity contribution in [1.82, 2.24) is 5.32 Å². The maximum Gasteiger partial charge on any atom is 0.322 e. The molecule has 0 atom stereocenters. The van der Waals surface area contributed by atoms with Crippen molar-refractivity contribution in [3.63, 3.8) is 0 Å². The summed E-state index contributed by atoms with van der Waals surface area (Å²) in [6, 6.07) is 12.8. The van der Waals surface area contributed by atoms with Crippen molar-refractivity contribution in [3.8, 4) is 5.75 Å². The summed E-state index contributed by atoms with van der Waals surface area (Å²) >= 11 is 0. The normalized spacial score (nSPS) is 10.7. The first-order chi connectivity index (χ1) is 15.0. The van der Waals surface area contributed by atoms with Crippen LogP contribution >= 0.6 is 0 Å². The van der Waals surface area contributed by atoms with Crippen LogP contribution in [0, 0.1) is 0 Å². The molecule has 5 N–H and O–H groups in total. The van der Waals surface area contributed by atoms with E-state index in [-0.39, 0.29) is 18.8 Å². The van der Waals surface area contributed by atoms with Crippen LogP contribution in [0.5, 0.6) is 5.75 Å². The fourth-order valence-electron chi connectivity index (χ4n) is 2.79. The van der Waals surface area contributed by atoms with E-state index < -0.39 is 18.2 Å². The van der Waals surface area contributed by atoms with Crippen LogP contribution in [-0.2, 0) is 20.8 Å². The van der Waals surface area contributed by atoms with E-state index >= 15 is 0 Å². The van der Waals surface area contributed by atoms with E-state index in [0.717, 1.165) is 5.56 Å². The van der Waals surface area contributed by atoms with Crippen LogP contribution in [0.4, 0.5) is 16.2 Å². The number of nitrogens with one attached hydrogen (secondary N) is 2. The molecule has 31 heavy (non-hydrogen) atoms. The monoisotopic (exact) mass is 430 g/mol. The number of phenols is 1. The number of hydrogen-bond acceptors (Lipinski definition) is 6. The molecule has 2 rings (SSSR count). The summed E-state index contributed by atoms with van der Waals surface area (Å²) in [5, 5.41) is 14.6. The second-order valence-corrected chi connectivity index (χ2v) is 6.58. The van der Waals surface area contributed by atoms with Gasteiger partial charge >= 0.3 is 6.03 Å². The summed E-state index contributed by atoms with van der Waals surface area (Å²) in [5.74, 6) is -0.301. The SMILES string of the molecule is CCOC(CN(C(=O)NCC(=O)Nc1ccc(O)cc1)c1ccc(CN)cc1)OCC. The number of rotatable bonds is 11. The molecule has 0 radical (unpaired) electrons. The predicted molar refractivity (Wildman–Crippen MR) is 119 cm³/mol. The fraction of sp³-hybridized carbons (Fsp3) is 0.364. The molecule has 0 heterocycles. The molecule has 0 fully saturated rings. The number of benzene rings is 2. The van der Waals surface area contributed by atoms with Gasteiger partial charge in [-0.25, -0.2) is 4.79 Å². The van der Waals surface area contributed by atoms with Gasteiger partial charge in [0.15, 0.2) is 6.29 Å². The molecule has 0 aliphatic rings. The van der Waals surface area contributed by atoms with E-state index in [9.17, 15) is 14.7 Å². The molecule has 0 saturated carbocycles. The average Bonchev–Trinajstić information content (AvgIpc) is 2.78. The van der Waals surface area contributed by atoms with Gasteiger partial charge in [0.2, 0.25) is 5.91 Å². The highest BCUT2D eigenvalue weighted by Crippen LogP contribution is 2.17. The van der Waals surface area contributed by atoms with Crippen LogP contribution < -0.4 is 21.3 Å². The largest absolute Gasteiger partial charge is 0.508 e. The van der Waals surface area contributed by atoms with Gasteiger partial charge in [0, 0.05) is 31.1 Å². The predicted octanol–water partition coefficient (Wildman–Crippen LogP) is 2.40. The molecule has 3 amide bonds. The molecule has 2 aromatic rings. The lowest BCUT2D eigenvalue weighted by atomic mass is 10.2. The Kier molecular flexibility index (Phi) is 9.76. The number of aromatic hydroxyl groups is 1. The summed E-state index contributed by atoms with van der Waals surface area (Å²) in [6.07, 6.45) is -0.610. The number of anilines is 2. The minimum atomic E-state index is -0.610. The maximum absolute atomic E-state index is 12.9. The first-order valence-electron chi connectivity index (χ1n) is 10.1. The van der Waals surface area contributed by atoms with E-state index in [1.165, 1.54) is 17.0 Å². The summed E-state index contributed by atoms with van der Waals surface area (Å²) < 4.78 is 11.2. The van der Waals surface area contributed by atoms with Crippen LogP contribution in [0.25, 0.3) is 0 Å². The summed E-state index contributed by atoms with van der Waals surface area (Å²) in [4.78, 5) is 26.6. The number of nitrogens with zero attached hydrogens (tertiary/aromatic N) is 1. The summed E-state index contributed by atoms with van der Waals surface area (Å²) in [5.41, 5.74) is 7.73. The summed E-state index contributed by atoms with van der Waals surface area (Å²) in [6.45, 7) is 4.87. The van der Waals surface area contributed by atoms with Crippen molar-refractivity contribution in [3.05, 3.63) is 54.1 Å². The highest BCUT2D eigenvalue weighted by molar-refractivity contribution is 5.98. The summed E-state index contributed by atoms with van der Waals surface area (Å²) in [7, 11) is 0. The van der Waals surface area contributed by atoms with E-state index in [4.69, 9.17) is 15.2 Å². The lowest BCUT2D eigenvalue weighted by Crippen LogP contribution is -2.47. The minimum Gasteiger partial charge on any atom is -0.508 e. The van der Waals surface area contributed by atoms with Crippen molar-refractivity contribution in [2.75, 3.05) is 36.5 Å². The smallest absolute Gasteiger partial charge is 0.322 e. The van der Waals surface area contributed by atoms with E-state index in [0.29, 0.717) is 31.1 Å². The molecule has 9 heteroatoms.